The molecule has 1 aromatic heterocycles. The van der Waals surface area contributed by atoms with Crippen LogP contribution in [0.4, 0.5) is 0 Å². The third-order valence-electron chi connectivity index (χ3n) is 4.45. The largest absolute Gasteiger partial charge is 0.451 e. The maximum Gasteiger partial charge on any atom is 0.357 e. The lowest BCUT2D eigenvalue weighted by Crippen LogP contribution is -2.51. The number of amides is 1. The van der Waals surface area contributed by atoms with E-state index < -0.39 is 22.6 Å². The topological polar surface area (TPSA) is 96.9 Å². The fraction of sp³-hybridized carbons (Fsp3) is 0.316. The SMILES string of the molecule is Cc1ccc(S(=O)(=O)N2CCN(C(=O)COC(=O)c3ccccn3)CC2)cc1. The van der Waals surface area contributed by atoms with E-state index in [9.17, 15) is 18.0 Å². The number of hydrogen-bond acceptors (Lipinski definition) is 6. The first kappa shape index (κ1) is 20.0. The average Bonchev–Trinajstić information content (AvgIpc) is 2.73. The summed E-state index contributed by atoms with van der Waals surface area (Å²) in [6.07, 6.45) is 1.46. The highest BCUT2D eigenvalue weighted by Gasteiger charge is 2.30. The number of carbonyl (C=O) groups is 2. The smallest absolute Gasteiger partial charge is 0.357 e. The normalized spacial score (nSPS) is 15.2. The van der Waals surface area contributed by atoms with Crippen LogP contribution in [0.15, 0.2) is 53.6 Å². The van der Waals surface area contributed by atoms with Gasteiger partial charge in [0.2, 0.25) is 10.0 Å². The van der Waals surface area contributed by atoms with Gasteiger partial charge in [-0.3, -0.25) is 4.79 Å². The van der Waals surface area contributed by atoms with Crippen LogP contribution in [-0.4, -0.2) is 67.3 Å². The molecule has 1 amide bonds. The zero-order valence-electron chi connectivity index (χ0n) is 15.4. The lowest BCUT2D eigenvalue weighted by Gasteiger charge is -2.33. The summed E-state index contributed by atoms with van der Waals surface area (Å²) < 4.78 is 31.7. The quantitative estimate of drug-likeness (QED) is 0.693. The van der Waals surface area contributed by atoms with Crippen LogP contribution in [0.25, 0.3) is 0 Å². The molecule has 1 aliphatic rings. The third-order valence-corrected chi connectivity index (χ3v) is 6.36. The molecule has 3 rings (SSSR count). The Bertz CT molecular complexity index is 937. The molecule has 0 radical (unpaired) electrons. The molecule has 9 heteroatoms. The number of hydrogen-bond donors (Lipinski definition) is 0. The van der Waals surface area contributed by atoms with E-state index in [4.69, 9.17) is 4.74 Å². The molecule has 0 unspecified atom stereocenters. The van der Waals surface area contributed by atoms with Gasteiger partial charge in [0.15, 0.2) is 6.61 Å². The van der Waals surface area contributed by atoms with Crippen LogP contribution in [-0.2, 0) is 19.6 Å². The molecule has 0 atom stereocenters. The summed E-state index contributed by atoms with van der Waals surface area (Å²) in [5, 5.41) is 0. The average molecular weight is 403 g/mol. The fourth-order valence-electron chi connectivity index (χ4n) is 2.81. The molecular weight excluding hydrogens is 382 g/mol. The van der Waals surface area contributed by atoms with Crippen molar-refractivity contribution in [1.29, 1.82) is 0 Å². The second-order valence-electron chi connectivity index (χ2n) is 6.39. The van der Waals surface area contributed by atoms with E-state index in [1.807, 2.05) is 6.92 Å². The molecule has 28 heavy (non-hydrogen) atoms. The molecule has 2 aromatic rings. The highest BCUT2D eigenvalue weighted by atomic mass is 32.2. The second-order valence-corrected chi connectivity index (χ2v) is 8.33. The van der Waals surface area contributed by atoms with Crippen molar-refractivity contribution >= 4 is 21.9 Å². The first-order chi connectivity index (χ1) is 13.4. The second kappa shape index (κ2) is 8.49. The van der Waals surface area contributed by atoms with Gasteiger partial charge in [0.25, 0.3) is 5.91 Å². The third kappa shape index (κ3) is 4.55. The lowest BCUT2D eigenvalue weighted by molar-refractivity contribution is -0.135. The summed E-state index contributed by atoms with van der Waals surface area (Å²) in [5.74, 6) is -1.04. The molecule has 1 fully saturated rings. The van der Waals surface area contributed by atoms with Gasteiger partial charge in [0.05, 0.1) is 4.90 Å². The van der Waals surface area contributed by atoms with Crippen LogP contribution in [0.1, 0.15) is 16.1 Å². The van der Waals surface area contributed by atoms with Crippen LogP contribution < -0.4 is 0 Å². The van der Waals surface area contributed by atoms with Crippen molar-refractivity contribution in [3.8, 4) is 0 Å². The van der Waals surface area contributed by atoms with Crippen LogP contribution in [0.5, 0.6) is 0 Å². The number of aryl methyl sites for hydroxylation is 1. The van der Waals surface area contributed by atoms with Gasteiger partial charge in [-0.1, -0.05) is 23.8 Å². The van der Waals surface area contributed by atoms with Crippen molar-refractivity contribution in [1.82, 2.24) is 14.2 Å². The number of rotatable bonds is 5. The van der Waals surface area contributed by atoms with E-state index in [-0.39, 0.29) is 42.7 Å². The Hall–Kier alpha value is -2.78. The van der Waals surface area contributed by atoms with E-state index in [0.29, 0.717) is 0 Å². The van der Waals surface area contributed by atoms with Gasteiger partial charge in [-0.25, -0.2) is 18.2 Å². The van der Waals surface area contributed by atoms with Crippen LogP contribution in [0.2, 0.25) is 0 Å². The Morgan fingerprint density at radius 2 is 1.71 bits per heavy atom. The molecular formula is C19H21N3O5S. The molecule has 0 aliphatic carbocycles. The minimum absolute atomic E-state index is 0.129. The van der Waals surface area contributed by atoms with Crippen LogP contribution in [0, 0.1) is 6.92 Å². The summed E-state index contributed by atoms with van der Waals surface area (Å²) in [6.45, 7) is 2.35. The standard InChI is InChI=1S/C19H21N3O5S/c1-15-5-7-16(8-6-15)28(25,26)22-12-10-21(11-13-22)18(23)14-27-19(24)17-4-2-3-9-20-17/h2-9H,10-14H2,1H3. The Kier molecular flexibility index (Phi) is 6.05. The summed E-state index contributed by atoms with van der Waals surface area (Å²) in [7, 11) is -3.59. The molecule has 0 bridgehead atoms. The molecule has 148 valence electrons. The number of carbonyl (C=O) groups excluding carboxylic acids is 2. The monoisotopic (exact) mass is 403 g/mol. The van der Waals surface area contributed by atoms with Crippen LogP contribution >= 0.6 is 0 Å². The van der Waals surface area contributed by atoms with E-state index >= 15 is 0 Å². The van der Waals surface area contributed by atoms with Gasteiger partial charge in [-0.2, -0.15) is 4.31 Å². The fourth-order valence-corrected chi connectivity index (χ4v) is 4.24. The molecule has 1 aliphatic heterocycles. The van der Waals surface area contributed by atoms with E-state index in [1.165, 1.54) is 21.5 Å². The van der Waals surface area contributed by atoms with Crippen molar-refractivity contribution in [2.24, 2.45) is 0 Å². The van der Waals surface area contributed by atoms with Gasteiger partial charge in [-0.15, -0.1) is 0 Å². The van der Waals surface area contributed by atoms with E-state index in [2.05, 4.69) is 4.98 Å². The van der Waals surface area contributed by atoms with Crippen molar-refractivity contribution < 1.29 is 22.7 Å². The van der Waals surface area contributed by atoms with Crippen molar-refractivity contribution in [2.45, 2.75) is 11.8 Å². The predicted molar refractivity (Wildman–Crippen MR) is 101 cm³/mol. The summed E-state index contributed by atoms with van der Waals surface area (Å²) in [4.78, 5) is 29.7. The maximum absolute atomic E-state index is 12.7. The Balaban J connectivity index is 1.52. The molecule has 8 nitrogen and oxygen atoms in total. The highest BCUT2D eigenvalue weighted by molar-refractivity contribution is 7.89. The number of esters is 1. The maximum atomic E-state index is 12.7. The molecule has 2 heterocycles. The van der Waals surface area contributed by atoms with Crippen molar-refractivity contribution in [3.05, 3.63) is 59.9 Å². The highest BCUT2D eigenvalue weighted by Crippen LogP contribution is 2.18. The lowest BCUT2D eigenvalue weighted by atomic mass is 10.2. The Morgan fingerprint density at radius 3 is 2.32 bits per heavy atom. The molecule has 0 spiro atoms. The molecule has 0 N–H and O–H groups in total. The zero-order chi connectivity index (χ0) is 20.1. The number of sulfonamides is 1. The summed E-state index contributed by atoms with van der Waals surface area (Å²) in [6, 6.07) is 11.5. The van der Waals surface area contributed by atoms with Gasteiger partial charge >= 0.3 is 5.97 Å². The number of aromatic nitrogens is 1. The minimum atomic E-state index is -3.59. The zero-order valence-corrected chi connectivity index (χ0v) is 16.3. The predicted octanol–water partition coefficient (Wildman–Crippen LogP) is 1.08. The number of nitrogens with zero attached hydrogens (tertiary/aromatic N) is 3. The van der Waals surface area contributed by atoms with Crippen LogP contribution in [0.3, 0.4) is 0 Å². The number of benzene rings is 1. The van der Waals surface area contributed by atoms with Crippen molar-refractivity contribution in [2.75, 3.05) is 32.8 Å². The molecule has 0 saturated carbocycles. The van der Waals surface area contributed by atoms with E-state index in [1.54, 1.807) is 36.4 Å². The van der Waals surface area contributed by atoms with Gasteiger partial charge < -0.3 is 9.64 Å². The number of ether oxygens (including phenoxy) is 1. The van der Waals surface area contributed by atoms with Gasteiger partial charge in [-0.05, 0) is 31.2 Å². The number of pyridine rings is 1. The Labute approximate surface area is 163 Å². The first-order valence-electron chi connectivity index (χ1n) is 8.80. The van der Waals surface area contributed by atoms with Gasteiger partial charge in [0, 0.05) is 32.4 Å². The summed E-state index contributed by atoms with van der Waals surface area (Å²) >= 11 is 0. The van der Waals surface area contributed by atoms with Crippen molar-refractivity contribution in [3.63, 3.8) is 0 Å². The molecule has 1 aromatic carbocycles. The Morgan fingerprint density at radius 1 is 1.04 bits per heavy atom. The van der Waals surface area contributed by atoms with Gasteiger partial charge in [0.1, 0.15) is 5.69 Å². The summed E-state index contributed by atoms with van der Waals surface area (Å²) in [5.41, 5.74) is 1.11. The van der Waals surface area contributed by atoms with E-state index in [0.717, 1.165) is 5.56 Å². The first-order valence-corrected chi connectivity index (χ1v) is 10.2. The molecule has 1 saturated heterocycles. The minimum Gasteiger partial charge on any atom is -0.451 e. The number of piperazine rings is 1.